The Morgan fingerprint density at radius 2 is 1.58 bits per heavy atom. The number of rotatable bonds is 12. The number of aliphatic carboxylic acids is 1. The van der Waals surface area contributed by atoms with Gasteiger partial charge in [-0.25, -0.2) is 0 Å². The first-order valence-electron chi connectivity index (χ1n) is 11.8. The van der Waals surface area contributed by atoms with Gasteiger partial charge in [-0.05, 0) is 78.8 Å². The summed E-state index contributed by atoms with van der Waals surface area (Å²) in [6.07, 6.45) is 1.61. The van der Waals surface area contributed by atoms with E-state index >= 15 is 0 Å². The molecule has 192 valence electrons. The van der Waals surface area contributed by atoms with Crippen LogP contribution < -0.4 is 19.5 Å². The minimum Gasteiger partial charge on any atom is -0.497 e. The number of ether oxygens (including phenoxy) is 3. The summed E-state index contributed by atoms with van der Waals surface area (Å²) in [6.45, 7) is 3.20. The monoisotopic (exact) mass is 493 g/mol. The van der Waals surface area contributed by atoms with Crippen LogP contribution in [0.4, 0.5) is 0 Å². The zero-order valence-electron chi connectivity index (χ0n) is 21.6. The van der Waals surface area contributed by atoms with Crippen molar-refractivity contribution in [1.82, 2.24) is 5.32 Å². The van der Waals surface area contributed by atoms with Crippen molar-refractivity contribution in [2.24, 2.45) is 0 Å². The zero-order chi connectivity index (χ0) is 26.3. The van der Waals surface area contributed by atoms with Crippen LogP contribution in [-0.4, -0.2) is 49.7 Å². The molecule has 0 saturated heterocycles. The van der Waals surface area contributed by atoms with Gasteiger partial charge < -0.3 is 24.4 Å². The molecule has 0 spiro atoms. The van der Waals surface area contributed by atoms with Gasteiger partial charge in [-0.2, -0.15) is 0 Å². The van der Waals surface area contributed by atoms with Gasteiger partial charge in [0.2, 0.25) is 0 Å². The third-order valence-corrected chi connectivity index (χ3v) is 6.64. The molecular formula is C29H35NO6. The summed E-state index contributed by atoms with van der Waals surface area (Å²) in [6, 6.07) is 18.4. The van der Waals surface area contributed by atoms with E-state index in [4.69, 9.17) is 14.2 Å². The van der Waals surface area contributed by atoms with Gasteiger partial charge in [0.15, 0.2) is 0 Å². The van der Waals surface area contributed by atoms with E-state index in [0.717, 1.165) is 29.7 Å². The molecule has 0 radical (unpaired) electrons. The van der Waals surface area contributed by atoms with Crippen LogP contribution in [0.3, 0.4) is 0 Å². The minimum absolute atomic E-state index is 0.166. The van der Waals surface area contributed by atoms with Gasteiger partial charge in [0.25, 0.3) is 0 Å². The van der Waals surface area contributed by atoms with Crippen LogP contribution in [0.1, 0.15) is 29.2 Å². The maximum absolute atomic E-state index is 11.5. The number of methoxy groups -OCH3 is 3. The van der Waals surface area contributed by atoms with Crippen molar-refractivity contribution in [2.45, 2.75) is 38.8 Å². The second-order valence-corrected chi connectivity index (χ2v) is 8.95. The van der Waals surface area contributed by atoms with Gasteiger partial charge in [0.1, 0.15) is 22.8 Å². The van der Waals surface area contributed by atoms with Crippen LogP contribution in [0.5, 0.6) is 17.2 Å². The van der Waals surface area contributed by atoms with Crippen LogP contribution >= 0.6 is 0 Å². The first kappa shape index (κ1) is 27.0. The molecule has 0 aliphatic carbocycles. The van der Waals surface area contributed by atoms with E-state index in [2.05, 4.69) is 42.6 Å². The summed E-state index contributed by atoms with van der Waals surface area (Å²) < 4.78 is 16.5. The van der Waals surface area contributed by atoms with Crippen LogP contribution in [0, 0.1) is 6.92 Å². The molecule has 0 heterocycles. The van der Waals surface area contributed by atoms with Crippen molar-refractivity contribution in [3.05, 3.63) is 76.9 Å². The van der Waals surface area contributed by atoms with Crippen molar-refractivity contribution in [2.75, 3.05) is 27.9 Å². The topological polar surface area (TPSA) is 97.2 Å². The second-order valence-electron chi connectivity index (χ2n) is 8.95. The van der Waals surface area contributed by atoms with Crippen molar-refractivity contribution >= 4 is 5.97 Å². The normalized spacial score (nSPS) is 12.6. The van der Waals surface area contributed by atoms with Crippen LogP contribution in [-0.2, 0) is 24.2 Å². The third-order valence-electron chi connectivity index (χ3n) is 6.64. The first-order chi connectivity index (χ1) is 17.3. The highest BCUT2D eigenvalue weighted by atomic mass is 16.5. The summed E-state index contributed by atoms with van der Waals surface area (Å²) >= 11 is 0. The highest BCUT2D eigenvalue weighted by Crippen LogP contribution is 2.33. The number of carboxylic acid groups (broad SMARTS) is 1. The number of hydrogen-bond acceptors (Lipinski definition) is 6. The highest BCUT2D eigenvalue weighted by Gasteiger charge is 2.32. The lowest BCUT2D eigenvalue weighted by molar-refractivity contribution is -0.145. The second kappa shape index (κ2) is 11.9. The number of benzene rings is 3. The molecule has 0 saturated carbocycles. The highest BCUT2D eigenvalue weighted by molar-refractivity contribution is 5.78. The predicted molar refractivity (Wildman–Crippen MR) is 140 cm³/mol. The first-order valence-corrected chi connectivity index (χ1v) is 11.8. The molecule has 0 aromatic heterocycles. The Bertz CT molecular complexity index is 1170. The molecule has 3 rings (SSSR count). The number of carbonyl (C=O) groups is 1. The molecule has 0 fully saturated rings. The van der Waals surface area contributed by atoms with Crippen molar-refractivity contribution < 1.29 is 29.2 Å². The van der Waals surface area contributed by atoms with E-state index in [-0.39, 0.29) is 6.54 Å². The summed E-state index contributed by atoms with van der Waals surface area (Å²) in [4.78, 5) is 11.5. The van der Waals surface area contributed by atoms with Crippen LogP contribution in [0.2, 0.25) is 0 Å². The Morgan fingerprint density at radius 1 is 0.944 bits per heavy atom. The summed E-state index contributed by atoms with van der Waals surface area (Å²) in [5, 5.41) is 21.9. The van der Waals surface area contributed by atoms with E-state index < -0.39 is 18.1 Å². The van der Waals surface area contributed by atoms with Gasteiger partial charge >= 0.3 is 5.97 Å². The molecule has 3 aromatic carbocycles. The summed E-state index contributed by atoms with van der Waals surface area (Å²) in [5.74, 6) is 0.905. The maximum Gasteiger partial charge on any atom is 0.326 e. The number of nitrogens with one attached hydrogen (secondary N) is 1. The number of hydrogen-bond donors (Lipinski definition) is 3. The Kier molecular flexibility index (Phi) is 8.96. The van der Waals surface area contributed by atoms with Crippen molar-refractivity contribution in [3.63, 3.8) is 0 Å². The van der Waals surface area contributed by atoms with Gasteiger partial charge in [-0.3, -0.25) is 10.1 Å². The maximum atomic E-state index is 11.5. The number of aliphatic hydroxyl groups excluding tert-OH is 1. The van der Waals surface area contributed by atoms with E-state index in [1.165, 1.54) is 23.6 Å². The van der Waals surface area contributed by atoms with Gasteiger partial charge in [-0.1, -0.05) is 30.3 Å². The summed E-state index contributed by atoms with van der Waals surface area (Å²) in [5.41, 5.74) is 5.10. The molecule has 0 amide bonds. The molecule has 7 nitrogen and oxygen atoms in total. The number of aryl methyl sites for hydroxylation is 2. The van der Waals surface area contributed by atoms with E-state index in [1.807, 2.05) is 24.3 Å². The standard InChI is InChI=1S/C29H35NO6/c1-19-21(7-6-8-24(19)22-11-13-23(34-3)14-12-22)10-9-20-15-26(35-4)25(27(16-20)36-5)17-30-29(2,18-31)28(32)33/h6-8,11-16,30-31H,9-10,17-18H2,1-5H3,(H,32,33). The quantitative estimate of drug-likeness (QED) is 0.344. The Morgan fingerprint density at radius 3 is 2.11 bits per heavy atom. The fourth-order valence-electron chi connectivity index (χ4n) is 4.16. The summed E-state index contributed by atoms with van der Waals surface area (Å²) in [7, 11) is 4.82. The molecule has 1 atom stereocenters. The fraction of sp³-hybridized carbons (Fsp3) is 0.345. The number of aliphatic hydroxyl groups is 1. The largest absolute Gasteiger partial charge is 0.497 e. The molecule has 3 N–H and O–H groups in total. The number of carboxylic acids is 1. The van der Waals surface area contributed by atoms with Gasteiger partial charge in [-0.15, -0.1) is 0 Å². The lowest BCUT2D eigenvalue weighted by Gasteiger charge is -2.25. The van der Waals surface area contributed by atoms with Crippen LogP contribution in [0.15, 0.2) is 54.6 Å². The third kappa shape index (κ3) is 5.98. The Labute approximate surface area is 212 Å². The van der Waals surface area contributed by atoms with Crippen LogP contribution in [0.25, 0.3) is 11.1 Å². The lowest BCUT2D eigenvalue weighted by Crippen LogP contribution is -2.52. The van der Waals surface area contributed by atoms with E-state index in [9.17, 15) is 15.0 Å². The smallest absolute Gasteiger partial charge is 0.326 e. The average Bonchev–Trinajstić information content (AvgIpc) is 2.90. The zero-order valence-corrected chi connectivity index (χ0v) is 21.6. The van der Waals surface area contributed by atoms with Gasteiger partial charge in [0, 0.05) is 12.1 Å². The van der Waals surface area contributed by atoms with E-state index in [1.54, 1.807) is 21.3 Å². The lowest BCUT2D eigenvalue weighted by atomic mass is 9.93. The molecule has 0 aliphatic rings. The average molecular weight is 494 g/mol. The van der Waals surface area contributed by atoms with Crippen molar-refractivity contribution in [1.29, 1.82) is 0 Å². The van der Waals surface area contributed by atoms with Gasteiger partial charge in [0.05, 0.1) is 27.9 Å². The molecular weight excluding hydrogens is 458 g/mol. The van der Waals surface area contributed by atoms with Crippen molar-refractivity contribution in [3.8, 4) is 28.4 Å². The molecule has 1 unspecified atom stereocenters. The Balaban J connectivity index is 1.82. The molecule has 0 bridgehead atoms. The minimum atomic E-state index is -1.47. The Hall–Kier alpha value is -3.55. The molecule has 7 heteroatoms. The molecule has 36 heavy (non-hydrogen) atoms. The molecule has 0 aliphatic heterocycles. The SMILES string of the molecule is COc1ccc(-c2cccc(CCc3cc(OC)c(CNC(C)(CO)C(=O)O)c(OC)c3)c2C)cc1. The fourth-order valence-corrected chi connectivity index (χ4v) is 4.16. The predicted octanol–water partition coefficient (Wildman–Crippen LogP) is 4.40. The molecule has 3 aromatic rings. The van der Waals surface area contributed by atoms with E-state index in [0.29, 0.717) is 17.1 Å².